The Hall–Kier alpha value is -1.59. The van der Waals surface area contributed by atoms with Crippen molar-refractivity contribution in [2.24, 2.45) is 4.99 Å². The van der Waals surface area contributed by atoms with E-state index in [1.54, 1.807) is 0 Å². The van der Waals surface area contributed by atoms with Crippen molar-refractivity contribution >= 4 is 5.96 Å². The van der Waals surface area contributed by atoms with Gasteiger partial charge in [-0.15, -0.1) is 0 Å². The van der Waals surface area contributed by atoms with Gasteiger partial charge in [-0.25, -0.2) is 0 Å². The minimum absolute atomic E-state index is 0.104. The molecule has 2 aliphatic heterocycles. The van der Waals surface area contributed by atoms with E-state index in [1.165, 1.54) is 24.0 Å². The van der Waals surface area contributed by atoms with Gasteiger partial charge in [-0.3, -0.25) is 4.99 Å². The van der Waals surface area contributed by atoms with Gasteiger partial charge in [-0.05, 0) is 57.3 Å². The molecule has 0 amide bonds. The Bertz CT molecular complexity index is 632. The van der Waals surface area contributed by atoms with Crippen LogP contribution in [0, 0.1) is 0 Å². The van der Waals surface area contributed by atoms with Gasteiger partial charge >= 0.3 is 0 Å². The van der Waals surface area contributed by atoms with Crippen LogP contribution in [0.5, 0.6) is 0 Å². The summed E-state index contributed by atoms with van der Waals surface area (Å²) in [6.45, 7) is 0.885. The monoisotopic (exact) mass is 342 g/mol. The molecule has 0 saturated carbocycles. The number of guanidine groups is 1. The molecule has 3 atom stereocenters. The molecular weight excluding hydrogens is 312 g/mol. The molecule has 2 saturated heterocycles. The highest BCUT2D eigenvalue weighted by molar-refractivity contribution is 5.80. The number of nitrogens with zero attached hydrogens (tertiary/aromatic N) is 2. The zero-order valence-electron chi connectivity index (χ0n) is 15.6. The molecule has 1 aromatic carbocycles. The maximum absolute atomic E-state index is 5.96. The fourth-order valence-corrected chi connectivity index (χ4v) is 4.68. The Kier molecular flexibility index (Phi) is 4.46. The van der Waals surface area contributed by atoms with E-state index in [0.29, 0.717) is 18.2 Å². The first-order valence-corrected chi connectivity index (χ1v) is 9.46. The van der Waals surface area contributed by atoms with Gasteiger partial charge in [-0.1, -0.05) is 24.3 Å². The lowest BCUT2D eigenvalue weighted by Gasteiger charge is -2.37. The van der Waals surface area contributed by atoms with Crippen LogP contribution in [0.15, 0.2) is 29.3 Å². The van der Waals surface area contributed by atoms with Gasteiger partial charge in [0.05, 0.1) is 18.2 Å². The average Bonchev–Trinajstić information content (AvgIpc) is 3.31. The van der Waals surface area contributed by atoms with Crippen LogP contribution in [0.2, 0.25) is 0 Å². The molecular formula is C20H30N4O. The summed E-state index contributed by atoms with van der Waals surface area (Å²) in [5.41, 5.74) is 3.05. The summed E-state index contributed by atoms with van der Waals surface area (Å²) in [4.78, 5) is 6.82. The lowest BCUT2D eigenvalue weighted by molar-refractivity contribution is 0.0991. The average molecular weight is 342 g/mol. The number of fused-ring (bicyclic) bond motifs is 3. The third kappa shape index (κ3) is 3.15. The quantitative estimate of drug-likeness (QED) is 0.644. The maximum atomic E-state index is 5.96. The summed E-state index contributed by atoms with van der Waals surface area (Å²) in [5, 5.41) is 7.19. The smallest absolute Gasteiger partial charge is 0.191 e. The second kappa shape index (κ2) is 6.61. The first kappa shape index (κ1) is 16.9. The summed E-state index contributed by atoms with van der Waals surface area (Å²) in [6.07, 6.45) is 6.48. The molecule has 25 heavy (non-hydrogen) atoms. The molecule has 2 fully saturated rings. The van der Waals surface area contributed by atoms with Crippen molar-refractivity contribution in [3.8, 4) is 0 Å². The summed E-state index contributed by atoms with van der Waals surface area (Å²) >= 11 is 0. The van der Waals surface area contributed by atoms with Crippen molar-refractivity contribution in [2.75, 3.05) is 27.7 Å². The number of likely N-dealkylation sites (N-methyl/N-ethyl adjacent to an activating group) is 1. The van der Waals surface area contributed by atoms with Gasteiger partial charge in [0.15, 0.2) is 5.96 Å². The molecule has 2 heterocycles. The summed E-state index contributed by atoms with van der Waals surface area (Å²) in [7, 11) is 6.23. The largest absolute Gasteiger partial charge is 0.373 e. The van der Waals surface area contributed by atoms with Crippen LogP contribution in [0.3, 0.4) is 0 Å². The summed E-state index contributed by atoms with van der Waals surface area (Å²) in [6, 6.07) is 9.22. The van der Waals surface area contributed by atoms with Gasteiger partial charge in [-0.2, -0.15) is 0 Å². The standard InChI is InChI=1S/C20H30N4O/c1-21-19(23-17-10-16-8-9-18(17)25-16)22-13-20(24(2)3)11-14-6-4-5-7-15(14)12-20/h4-7,16-18H,8-13H2,1-3H3,(H2,21,22,23). The molecule has 4 rings (SSSR count). The SMILES string of the molecule is CN=C(NCC1(N(C)C)Cc2ccccc2C1)NC1CC2CCC1O2. The van der Waals surface area contributed by atoms with Gasteiger partial charge in [0, 0.05) is 19.1 Å². The van der Waals surface area contributed by atoms with E-state index in [4.69, 9.17) is 4.74 Å². The van der Waals surface area contributed by atoms with Crippen LogP contribution >= 0.6 is 0 Å². The van der Waals surface area contributed by atoms with Crippen molar-refractivity contribution in [1.82, 2.24) is 15.5 Å². The molecule has 5 nitrogen and oxygen atoms in total. The molecule has 0 radical (unpaired) electrons. The molecule has 3 aliphatic rings. The van der Waals surface area contributed by atoms with Crippen LogP contribution in [0.4, 0.5) is 0 Å². The van der Waals surface area contributed by atoms with Crippen molar-refractivity contribution in [3.05, 3.63) is 35.4 Å². The summed E-state index contributed by atoms with van der Waals surface area (Å²) < 4.78 is 5.96. The van der Waals surface area contributed by atoms with Crippen LogP contribution in [0.25, 0.3) is 0 Å². The van der Waals surface area contributed by atoms with Crippen LogP contribution in [-0.2, 0) is 17.6 Å². The molecule has 5 heteroatoms. The number of hydrogen-bond acceptors (Lipinski definition) is 3. The highest BCUT2D eigenvalue weighted by atomic mass is 16.5. The van der Waals surface area contributed by atoms with Crippen molar-refractivity contribution in [1.29, 1.82) is 0 Å². The number of nitrogens with one attached hydrogen (secondary N) is 2. The topological polar surface area (TPSA) is 48.9 Å². The van der Waals surface area contributed by atoms with Gasteiger partial charge in [0.2, 0.25) is 0 Å². The zero-order chi connectivity index (χ0) is 17.4. The van der Waals surface area contributed by atoms with Gasteiger partial charge in [0.25, 0.3) is 0 Å². The molecule has 3 unspecified atom stereocenters. The normalized spacial score (nSPS) is 29.9. The van der Waals surface area contributed by atoms with Gasteiger partial charge < -0.3 is 20.3 Å². The lowest BCUT2D eigenvalue weighted by Crippen LogP contribution is -2.56. The van der Waals surface area contributed by atoms with Crippen molar-refractivity contribution in [3.63, 3.8) is 0 Å². The van der Waals surface area contributed by atoms with E-state index >= 15 is 0 Å². The predicted octanol–water partition coefficient (Wildman–Crippen LogP) is 1.57. The third-order valence-electron chi connectivity index (χ3n) is 6.34. The molecule has 0 spiro atoms. The fraction of sp³-hybridized carbons (Fsp3) is 0.650. The number of rotatable bonds is 4. The van der Waals surface area contributed by atoms with Crippen LogP contribution < -0.4 is 10.6 Å². The number of benzene rings is 1. The Labute approximate surface area is 150 Å². The zero-order valence-corrected chi connectivity index (χ0v) is 15.6. The third-order valence-corrected chi connectivity index (χ3v) is 6.34. The Morgan fingerprint density at radius 3 is 2.48 bits per heavy atom. The fourth-order valence-electron chi connectivity index (χ4n) is 4.68. The minimum atomic E-state index is 0.104. The van der Waals surface area contributed by atoms with E-state index in [0.717, 1.165) is 31.8 Å². The van der Waals surface area contributed by atoms with E-state index in [1.807, 2.05) is 7.05 Å². The first-order chi connectivity index (χ1) is 12.1. The summed E-state index contributed by atoms with van der Waals surface area (Å²) in [5.74, 6) is 0.901. The lowest BCUT2D eigenvalue weighted by atomic mass is 9.94. The molecule has 0 aromatic heterocycles. The molecule has 136 valence electrons. The van der Waals surface area contributed by atoms with E-state index in [2.05, 4.69) is 58.9 Å². The van der Waals surface area contributed by atoms with E-state index < -0.39 is 0 Å². The highest BCUT2D eigenvalue weighted by Gasteiger charge is 2.42. The minimum Gasteiger partial charge on any atom is -0.373 e. The number of hydrogen-bond donors (Lipinski definition) is 2. The maximum Gasteiger partial charge on any atom is 0.191 e. The van der Waals surface area contributed by atoms with Gasteiger partial charge in [0.1, 0.15) is 0 Å². The Balaban J connectivity index is 1.40. The molecule has 2 bridgehead atoms. The molecule has 1 aromatic rings. The predicted molar refractivity (Wildman–Crippen MR) is 101 cm³/mol. The number of ether oxygens (including phenoxy) is 1. The Morgan fingerprint density at radius 2 is 1.96 bits per heavy atom. The molecule has 1 aliphatic carbocycles. The second-order valence-corrected chi connectivity index (χ2v) is 8.03. The molecule has 2 N–H and O–H groups in total. The van der Waals surface area contributed by atoms with Crippen molar-refractivity contribution in [2.45, 2.75) is 55.9 Å². The van der Waals surface area contributed by atoms with Crippen LogP contribution in [-0.4, -0.2) is 62.3 Å². The number of aliphatic imine (C=N–C) groups is 1. The highest BCUT2D eigenvalue weighted by Crippen LogP contribution is 2.35. The van der Waals surface area contributed by atoms with Crippen molar-refractivity contribution < 1.29 is 4.74 Å². The van der Waals surface area contributed by atoms with E-state index in [-0.39, 0.29) is 5.54 Å². The first-order valence-electron chi connectivity index (χ1n) is 9.46. The second-order valence-electron chi connectivity index (χ2n) is 8.03. The van der Waals surface area contributed by atoms with E-state index in [9.17, 15) is 0 Å². The Morgan fingerprint density at radius 1 is 1.24 bits per heavy atom. The van der Waals surface area contributed by atoms with Crippen LogP contribution in [0.1, 0.15) is 30.4 Å².